The van der Waals surface area contributed by atoms with Crippen LogP contribution in [0.25, 0.3) is 11.1 Å². The van der Waals surface area contributed by atoms with E-state index in [9.17, 15) is 9.59 Å². The average Bonchev–Trinajstić information content (AvgIpc) is 3.10. The van der Waals surface area contributed by atoms with Crippen LogP contribution >= 0.6 is 0 Å². The van der Waals surface area contributed by atoms with Crippen molar-refractivity contribution in [2.75, 3.05) is 18.9 Å². The molecular weight excluding hydrogens is 394 g/mol. The number of carboxylic acid groups (broad SMARTS) is 1. The van der Waals surface area contributed by atoms with Gasteiger partial charge in [0.05, 0.1) is 6.54 Å². The van der Waals surface area contributed by atoms with Crippen molar-refractivity contribution in [1.82, 2.24) is 10.3 Å². The van der Waals surface area contributed by atoms with Crippen LogP contribution in [0.2, 0.25) is 0 Å². The van der Waals surface area contributed by atoms with Gasteiger partial charge in [0.1, 0.15) is 18.0 Å². The van der Waals surface area contributed by atoms with E-state index in [2.05, 4.69) is 46.4 Å². The van der Waals surface area contributed by atoms with Crippen LogP contribution in [-0.2, 0) is 4.74 Å². The fraction of sp³-hybridized carbons (Fsp3) is 0.125. The number of hydrogen-bond donors (Lipinski definition) is 3. The summed E-state index contributed by atoms with van der Waals surface area (Å²) in [6, 6.07) is 17.6. The maximum atomic E-state index is 12.1. The Morgan fingerprint density at radius 1 is 1.10 bits per heavy atom. The van der Waals surface area contributed by atoms with E-state index in [-0.39, 0.29) is 30.5 Å². The van der Waals surface area contributed by atoms with Gasteiger partial charge in [-0.15, -0.1) is 0 Å². The number of fused-ring (bicyclic) bond motifs is 3. The van der Waals surface area contributed by atoms with Crippen LogP contribution in [0.4, 0.5) is 10.6 Å². The largest absolute Gasteiger partial charge is 0.478 e. The molecule has 0 saturated heterocycles. The second kappa shape index (κ2) is 8.59. The van der Waals surface area contributed by atoms with Crippen molar-refractivity contribution in [2.45, 2.75) is 5.92 Å². The van der Waals surface area contributed by atoms with Gasteiger partial charge < -0.3 is 20.9 Å². The molecule has 0 unspecified atom stereocenters. The van der Waals surface area contributed by atoms with Crippen LogP contribution < -0.4 is 11.1 Å². The molecule has 1 aliphatic rings. The highest BCUT2D eigenvalue weighted by atomic mass is 16.5. The van der Waals surface area contributed by atoms with E-state index in [1.807, 2.05) is 24.3 Å². The van der Waals surface area contributed by atoms with Gasteiger partial charge in [0, 0.05) is 17.7 Å². The third-order valence-corrected chi connectivity index (χ3v) is 5.05. The summed E-state index contributed by atoms with van der Waals surface area (Å²) in [6.45, 7) is 0.264. The predicted molar refractivity (Wildman–Crippen MR) is 116 cm³/mol. The molecule has 0 spiro atoms. The van der Waals surface area contributed by atoms with Crippen molar-refractivity contribution >= 4 is 17.9 Å². The number of nitrogen functional groups attached to an aromatic ring is 1. The highest BCUT2D eigenvalue weighted by Crippen LogP contribution is 2.44. The van der Waals surface area contributed by atoms with E-state index in [4.69, 9.17) is 15.6 Å². The number of nitrogens with two attached hydrogens (primary N) is 1. The Kier molecular flexibility index (Phi) is 5.54. The number of amides is 1. The van der Waals surface area contributed by atoms with Crippen molar-refractivity contribution < 1.29 is 19.4 Å². The van der Waals surface area contributed by atoms with Gasteiger partial charge in [0.15, 0.2) is 0 Å². The van der Waals surface area contributed by atoms with Crippen molar-refractivity contribution in [1.29, 1.82) is 0 Å². The Bertz CT molecular complexity index is 1180. The lowest BCUT2D eigenvalue weighted by atomic mass is 9.98. The average molecular weight is 413 g/mol. The minimum absolute atomic E-state index is 0.0143. The van der Waals surface area contributed by atoms with E-state index in [1.165, 1.54) is 12.3 Å². The number of carboxylic acids is 1. The van der Waals surface area contributed by atoms with Gasteiger partial charge in [-0.25, -0.2) is 14.6 Å². The molecule has 0 atom stereocenters. The molecule has 2 aromatic carbocycles. The van der Waals surface area contributed by atoms with E-state index < -0.39 is 12.1 Å². The monoisotopic (exact) mass is 413 g/mol. The number of aromatic carboxylic acids is 1. The van der Waals surface area contributed by atoms with Crippen LogP contribution in [0.15, 0.2) is 60.8 Å². The minimum atomic E-state index is -1.18. The first kappa shape index (κ1) is 20.0. The SMILES string of the molecule is Nc1ncc(C#CCNC(=O)OCC2c3ccccc3-c3ccccc32)cc1C(=O)O. The molecule has 0 bridgehead atoms. The minimum Gasteiger partial charge on any atom is -0.478 e. The lowest BCUT2D eigenvalue weighted by Crippen LogP contribution is -2.26. The van der Waals surface area contributed by atoms with Crippen LogP contribution in [0, 0.1) is 11.8 Å². The van der Waals surface area contributed by atoms with Crippen molar-refractivity contribution in [2.24, 2.45) is 0 Å². The first-order valence-corrected chi connectivity index (χ1v) is 9.61. The number of nitrogens with one attached hydrogen (secondary N) is 1. The number of benzene rings is 2. The molecular formula is C24H19N3O4. The molecule has 4 N–H and O–H groups in total. The van der Waals surface area contributed by atoms with Gasteiger partial charge in [-0.05, 0) is 28.3 Å². The number of nitrogens with zero attached hydrogens (tertiary/aromatic N) is 1. The zero-order chi connectivity index (χ0) is 21.8. The number of carbonyl (C=O) groups excluding carboxylic acids is 1. The fourth-order valence-electron chi connectivity index (χ4n) is 3.63. The van der Waals surface area contributed by atoms with E-state index in [0.717, 1.165) is 22.3 Å². The third kappa shape index (κ3) is 4.19. The molecule has 1 aromatic heterocycles. The molecule has 3 aromatic rings. The summed E-state index contributed by atoms with van der Waals surface area (Å²) in [5, 5.41) is 11.6. The van der Waals surface area contributed by atoms with Crippen molar-refractivity contribution in [3.63, 3.8) is 0 Å². The first-order valence-electron chi connectivity index (χ1n) is 9.61. The van der Waals surface area contributed by atoms with Gasteiger partial charge in [0.2, 0.25) is 0 Å². The molecule has 0 fully saturated rings. The zero-order valence-electron chi connectivity index (χ0n) is 16.5. The number of alkyl carbamates (subject to hydrolysis) is 1. The van der Waals surface area contributed by atoms with Gasteiger partial charge in [0.25, 0.3) is 0 Å². The van der Waals surface area contributed by atoms with Gasteiger partial charge in [-0.3, -0.25) is 0 Å². The maximum Gasteiger partial charge on any atom is 0.407 e. The summed E-state index contributed by atoms with van der Waals surface area (Å²) in [5.74, 6) is 4.22. The first-order chi connectivity index (χ1) is 15.0. The topological polar surface area (TPSA) is 115 Å². The number of pyridine rings is 1. The summed E-state index contributed by atoms with van der Waals surface area (Å²) in [7, 11) is 0. The normalized spacial score (nSPS) is 11.6. The zero-order valence-corrected chi connectivity index (χ0v) is 16.5. The smallest absolute Gasteiger partial charge is 0.407 e. The van der Waals surface area contributed by atoms with Crippen molar-refractivity contribution in [3.05, 3.63) is 83.0 Å². The second-order valence-electron chi connectivity index (χ2n) is 6.94. The third-order valence-electron chi connectivity index (χ3n) is 5.05. The van der Waals surface area contributed by atoms with Crippen LogP contribution in [-0.4, -0.2) is 35.3 Å². The molecule has 4 rings (SSSR count). The Balaban J connectivity index is 1.35. The van der Waals surface area contributed by atoms with E-state index >= 15 is 0 Å². The molecule has 1 heterocycles. The summed E-state index contributed by atoms with van der Waals surface area (Å²) in [5.41, 5.74) is 10.4. The summed E-state index contributed by atoms with van der Waals surface area (Å²) >= 11 is 0. The molecule has 154 valence electrons. The molecule has 0 radical (unpaired) electrons. The Labute approximate surface area is 178 Å². The van der Waals surface area contributed by atoms with E-state index in [0.29, 0.717) is 5.56 Å². The van der Waals surface area contributed by atoms with Crippen LogP contribution in [0.1, 0.15) is 33.0 Å². The Hall–Kier alpha value is -4.31. The highest BCUT2D eigenvalue weighted by molar-refractivity contribution is 5.92. The standard InChI is InChI=1S/C24H19N3O4/c25-22-20(23(28)29)12-15(13-27-22)6-5-11-26-24(30)31-14-21-18-9-3-1-7-16(18)17-8-2-4-10-19(17)21/h1-4,7-10,12-13,21H,11,14H2,(H2,25,27)(H,26,30)(H,28,29). The number of carbonyl (C=O) groups is 2. The Morgan fingerprint density at radius 2 is 1.74 bits per heavy atom. The maximum absolute atomic E-state index is 12.1. The summed E-state index contributed by atoms with van der Waals surface area (Å²) < 4.78 is 5.43. The fourth-order valence-corrected chi connectivity index (χ4v) is 3.63. The molecule has 0 aliphatic heterocycles. The van der Waals surface area contributed by atoms with Gasteiger partial charge >= 0.3 is 12.1 Å². The van der Waals surface area contributed by atoms with Crippen LogP contribution in [0.5, 0.6) is 0 Å². The highest BCUT2D eigenvalue weighted by Gasteiger charge is 2.28. The van der Waals surface area contributed by atoms with Gasteiger partial charge in [-0.2, -0.15) is 0 Å². The predicted octanol–water partition coefficient (Wildman–Crippen LogP) is 3.25. The Morgan fingerprint density at radius 3 is 2.39 bits per heavy atom. The van der Waals surface area contributed by atoms with Gasteiger partial charge in [-0.1, -0.05) is 60.4 Å². The quantitative estimate of drug-likeness (QED) is 0.566. The molecule has 1 amide bonds. The number of hydrogen-bond acceptors (Lipinski definition) is 5. The van der Waals surface area contributed by atoms with Crippen LogP contribution in [0.3, 0.4) is 0 Å². The number of anilines is 1. The molecule has 31 heavy (non-hydrogen) atoms. The second-order valence-corrected chi connectivity index (χ2v) is 6.94. The number of ether oxygens (including phenoxy) is 1. The lowest BCUT2D eigenvalue weighted by Gasteiger charge is -2.14. The summed E-state index contributed by atoms with van der Waals surface area (Å²) in [4.78, 5) is 27.0. The lowest BCUT2D eigenvalue weighted by molar-refractivity contribution is 0.0697. The molecule has 1 aliphatic carbocycles. The number of rotatable bonds is 4. The molecule has 7 heteroatoms. The summed E-state index contributed by atoms with van der Waals surface area (Å²) in [6.07, 6.45) is 0.806. The molecule has 0 saturated carbocycles. The number of aromatic nitrogens is 1. The van der Waals surface area contributed by atoms with Crippen molar-refractivity contribution in [3.8, 4) is 23.0 Å². The van der Waals surface area contributed by atoms with E-state index in [1.54, 1.807) is 0 Å². The molecule has 7 nitrogen and oxygen atoms in total.